The number of hydrogen-bond acceptors (Lipinski definition) is 5. The van der Waals surface area contributed by atoms with Crippen LogP contribution in [0, 0.1) is 10.1 Å². The van der Waals surface area contributed by atoms with E-state index in [2.05, 4.69) is 5.32 Å². The summed E-state index contributed by atoms with van der Waals surface area (Å²) in [5, 5.41) is 19.0. The van der Waals surface area contributed by atoms with Crippen molar-refractivity contribution in [1.82, 2.24) is 0 Å². The Hall–Kier alpha value is -2.45. The van der Waals surface area contributed by atoms with Crippen molar-refractivity contribution in [2.75, 3.05) is 5.32 Å². The van der Waals surface area contributed by atoms with Crippen LogP contribution in [0.2, 0.25) is 0 Å². The molecule has 2 rings (SSSR count). The van der Waals surface area contributed by atoms with Crippen LogP contribution in [0.1, 0.15) is 12.5 Å². The van der Waals surface area contributed by atoms with Crippen molar-refractivity contribution in [2.24, 2.45) is 5.14 Å². The van der Waals surface area contributed by atoms with Gasteiger partial charge in [-0.2, -0.15) is 0 Å². The molecule has 7 nitrogen and oxygen atoms in total. The van der Waals surface area contributed by atoms with Crippen LogP contribution in [0.4, 0.5) is 17.1 Å². The molecule has 2 aromatic rings. The molecule has 0 fully saturated rings. The predicted molar refractivity (Wildman–Crippen MR) is 83.6 cm³/mol. The second-order valence-corrected chi connectivity index (χ2v) is 6.22. The van der Waals surface area contributed by atoms with E-state index in [4.69, 9.17) is 5.14 Å². The minimum absolute atomic E-state index is 0.196. The molecular weight excluding hydrogens is 306 g/mol. The molecule has 116 valence electrons. The Bertz CT molecular complexity index is 801. The van der Waals surface area contributed by atoms with E-state index in [0.29, 0.717) is 5.69 Å². The van der Waals surface area contributed by atoms with Gasteiger partial charge in [0.1, 0.15) is 5.69 Å². The highest BCUT2D eigenvalue weighted by Crippen LogP contribution is 2.30. The third kappa shape index (κ3) is 3.60. The van der Waals surface area contributed by atoms with Crippen LogP contribution in [0.5, 0.6) is 0 Å². The maximum Gasteiger partial charge on any atom is 0.294 e. The van der Waals surface area contributed by atoms with Crippen LogP contribution in [-0.2, 0) is 16.4 Å². The van der Waals surface area contributed by atoms with Crippen LogP contribution < -0.4 is 10.5 Å². The minimum Gasteiger partial charge on any atom is -0.350 e. The minimum atomic E-state index is -3.99. The third-order valence-electron chi connectivity index (χ3n) is 3.14. The fraction of sp³-hybridized carbons (Fsp3) is 0.143. The molecule has 0 amide bonds. The van der Waals surface area contributed by atoms with Crippen LogP contribution >= 0.6 is 0 Å². The largest absolute Gasteiger partial charge is 0.350 e. The zero-order chi connectivity index (χ0) is 16.3. The molecule has 0 aliphatic heterocycles. The van der Waals surface area contributed by atoms with Gasteiger partial charge in [0.2, 0.25) is 10.0 Å². The van der Waals surface area contributed by atoms with Gasteiger partial charge in [-0.3, -0.25) is 10.1 Å². The Balaban J connectivity index is 2.39. The van der Waals surface area contributed by atoms with E-state index in [1.54, 1.807) is 12.1 Å². The third-order valence-corrected chi connectivity index (χ3v) is 4.05. The number of rotatable bonds is 5. The first-order chi connectivity index (χ1) is 10.3. The first kappa shape index (κ1) is 15.9. The Morgan fingerprint density at radius 2 is 1.82 bits per heavy atom. The number of primary sulfonamides is 1. The summed E-state index contributed by atoms with van der Waals surface area (Å²) >= 11 is 0. The van der Waals surface area contributed by atoms with Gasteiger partial charge in [-0.1, -0.05) is 19.1 Å². The van der Waals surface area contributed by atoms with Crippen molar-refractivity contribution in [3.8, 4) is 0 Å². The van der Waals surface area contributed by atoms with Gasteiger partial charge < -0.3 is 5.32 Å². The van der Waals surface area contributed by atoms with Crippen LogP contribution in [-0.4, -0.2) is 13.3 Å². The van der Waals surface area contributed by atoms with Crippen molar-refractivity contribution in [2.45, 2.75) is 18.2 Å². The molecular formula is C14H15N3O4S. The number of sulfonamides is 1. The number of aryl methyl sites for hydroxylation is 1. The monoisotopic (exact) mass is 321 g/mol. The summed E-state index contributed by atoms with van der Waals surface area (Å²) in [5.74, 6) is 0. The number of nitrogens with zero attached hydrogens (tertiary/aromatic N) is 1. The predicted octanol–water partition coefficient (Wildman–Crippen LogP) is 2.55. The highest BCUT2D eigenvalue weighted by molar-refractivity contribution is 7.89. The molecule has 0 atom stereocenters. The summed E-state index contributed by atoms with van der Waals surface area (Å²) in [4.78, 5) is 10.2. The number of anilines is 2. The number of nitro benzene ring substituents is 1. The fourth-order valence-electron chi connectivity index (χ4n) is 1.92. The quantitative estimate of drug-likeness (QED) is 0.648. The molecule has 0 saturated carbocycles. The molecule has 0 unspecified atom stereocenters. The SMILES string of the molecule is CCc1ccc(Nc2ccc(S(N)(=O)=O)cc2[N+](=O)[O-])cc1. The number of benzene rings is 2. The molecule has 8 heteroatoms. The van der Waals surface area contributed by atoms with E-state index in [1.807, 2.05) is 19.1 Å². The van der Waals surface area contributed by atoms with Gasteiger partial charge in [0.25, 0.3) is 5.69 Å². The van der Waals surface area contributed by atoms with Gasteiger partial charge in [-0.15, -0.1) is 0 Å². The molecule has 0 saturated heterocycles. The van der Waals surface area contributed by atoms with E-state index >= 15 is 0 Å². The zero-order valence-corrected chi connectivity index (χ0v) is 12.6. The number of nitro groups is 1. The van der Waals surface area contributed by atoms with Crippen LogP contribution in [0.3, 0.4) is 0 Å². The average Bonchev–Trinajstić information content (AvgIpc) is 2.47. The van der Waals surface area contributed by atoms with E-state index in [0.717, 1.165) is 18.1 Å². The molecule has 0 heterocycles. The Morgan fingerprint density at radius 1 is 1.18 bits per heavy atom. The van der Waals surface area contributed by atoms with Crippen molar-refractivity contribution in [3.63, 3.8) is 0 Å². The summed E-state index contributed by atoms with van der Waals surface area (Å²) in [6.45, 7) is 2.03. The summed E-state index contributed by atoms with van der Waals surface area (Å²) in [7, 11) is -3.99. The van der Waals surface area contributed by atoms with Gasteiger partial charge in [-0.25, -0.2) is 13.6 Å². The standard InChI is InChI=1S/C14H15N3O4S/c1-2-10-3-5-11(6-4-10)16-13-8-7-12(22(15,20)21)9-14(13)17(18)19/h3-9,16H,2H2,1H3,(H2,15,20,21). The summed E-state index contributed by atoms with van der Waals surface area (Å²) < 4.78 is 22.6. The van der Waals surface area contributed by atoms with Crippen molar-refractivity contribution in [1.29, 1.82) is 0 Å². The zero-order valence-electron chi connectivity index (χ0n) is 11.8. The summed E-state index contributed by atoms with van der Waals surface area (Å²) in [6.07, 6.45) is 0.892. The number of nitrogens with two attached hydrogens (primary N) is 1. The number of hydrogen-bond donors (Lipinski definition) is 2. The second-order valence-electron chi connectivity index (χ2n) is 4.66. The van der Waals surface area contributed by atoms with E-state index in [1.165, 1.54) is 12.1 Å². The molecule has 22 heavy (non-hydrogen) atoms. The maximum atomic E-state index is 11.3. The summed E-state index contributed by atoms with van der Waals surface area (Å²) in [5.41, 5.74) is 1.65. The number of nitrogens with one attached hydrogen (secondary N) is 1. The lowest BCUT2D eigenvalue weighted by atomic mass is 10.1. The maximum absolute atomic E-state index is 11.3. The summed E-state index contributed by atoms with van der Waals surface area (Å²) in [6, 6.07) is 10.9. The van der Waals surface area contributed by atoms with Crippen molar-refractivity contribution in [3.05, 3.63) is 58.1 Å². The van der Waals surface area contributed by atoms with Gasteiger partial charge in [0.15, 0.2) is 0 Å². The molecule has 0 radical (unpaired) electrons. The highest BCUT2D eigenvalue weighted by atomic mass is 32.2. The van der Waals surface area contributed by atoms with E-state index in [-0.39, 0.29) is 16.3 Å². The highest BCUT2D eigenvalue weighted by Gasteiger charge is 2.19. The Kier molecular flexibility index (Phi) is 4.43. The lowest BCUT2D eigenvalue weighted by molar-refractivity contribution is -0.384. The molecule has 0 aliphatic carbocycles. The van der Waals surface area contributed by atoms with Gasteiger partial charge >= 0.3 is 0 Å². The van der Waals surface area contributed by atoms with Crippen molar-refractivity contribution >= 4 is 27.1 Å². The van der Waals surface area contributed by atoms with Crippen LogP contribution in [0.25, 0.3) is 0 Å². The van der Waals surface area contributed by atoms with Gasteiger partial charge in [-0.05, 0) is 36.2 Å². The van der Waals surface area contributed by atoms with Crippen molar-refractivity contribution < 1.29 is 13.3 Å². The van der Waals surface area contributed by atoms with E-state index < -0.39 is 14.9 Å². The Morgan fingerprint density at radius 3 is 2.32 bits per heavy atom. The topological polar surface area (TPSA) is 115 Å². The van der Waals surface area contributed by atoms with E-state index in [9.17, 15) is 18.5 Å². The lowest BCUT2D eigenvalue weighted by Crippen LogP contribution is -2.12. The molecule has 2 aromatic carbocycles. The molecule has 0 aliphatic rings. The Labute approximate surface area is 128 Å². The lowest BCUT2D eigenvalue weighted by Gasteiger charge is -2.09. The smallest absolute Gasteiger partial charge is 0.294 e. The normalized spacial score (nSPS) is 11.2. The molecule has 3 N–H and O–H groups in total. The van der Waals surface area contributed by atoms with Gasteiger partial charge in [0, 0.05) is 11.8 Å². The van der Waals surface area contributed by atoms with Crippen LogP contribution in [0.15, 0.2) is 47.4 Å². The average molecular weight is 321 g/mol. The molecule has 0 bridgehead atoms. The fourth-order valence-corrected chi connectivity index (χ4v) is 2.46. The first-order valence-electron chi connectivity index (χ1n) is 6.48. The first-order valence-corrected chi connectivity index (χ1v) is 8.03. The molecule has 0 spiro atoms. The van der Waals surface area contributed by atoms with Gasteiger partial charge in [0.05, 0.1) is 9.82 Å². The second kappa shape index (κ2) is 6.12. The molecule has 0 aromatic heterocycles.